The molecule has 0 bridgehead atoms. The Bertz CT molecular complexity index is 1360. The number of nitrogens with one attached hydrogen (secondary N) is 1. The summed E-state index contributed by atoms with van der Waals surface area (Å²) >= 11 is 6.73. The summed E-state index contributed by atoms with van der Waals surface area (Å²) in [6.07, 6.45) is 1.61. The van der Waals surface area contributed by atoms with Crippen molar-refractivity contribution in [2.45, 2.75) is 20.5 Å². The molecule has 0 aliphatic carbocycles. The minimum absolute atomic E-state index is 0.228. The van der Waals surface area contributed by atoms with Gasteiger partial charge >= 0.3 is 0 Å². The summed E-state index contributed by atoms with van der Waals surface area (Å²) in [7, 11) is 0. The van der Waals surface area contributed by atoms with Crippen molar-refractivity contribution in [1.29, 1.82) is 0 Å². The predicted molar refractivity (Wildman–Crippen MR) is 146 cm³/mol. The maximum Gasteiger partial charge on any atom is 0.294 e. The third-order valence-corrected chi connectivity index (χ3v) is 6.63. The Morgan fingerprint density at radius 1 is 1.03 bits per heavy atom. The number of benzene rings is 3. The summed E-state index contributed by atoms with van der Waals surface area (Å²) < 4.78 is 11.7. The molecule has 1 aliphatic rings. The van der Waals surface area contributed by atoms with Crippen LogP contribution in [-0.2, 0) is 16.2 Å². The van der Waals surface area contributed by atoms with E-state index in [1.54, 1.807) is 48.5 Å². The second kappa shape index (κ2) is 12.0. The predicted octanol–water partition coefficient (Wildman–Crippen LogP) is 6.30. The van der Waals surface area contributed by atoms with E-state index in [0.29, 0.717) is 41.0 Å². The Morgan fingerprint density at radius 3 is 2.51 bits per heavy atom. The van der Waals surface area contributed by atoms with E-state index in [4.69, 9.17) is 21.1 Å². The van der Waals surface area contributed by atoms with Gasteiger partial charge in [0.05, 0.1) is 11.5 Å². The number of hydrogen-bond acceptors (Lipinski definition) is 6. The largest absolute Gasteiger partial charge is 0.490 e. The number of amides is 3. The molecule has 9 heteroatoms. The van der Waals surface area contributed by atoms with Crippen LogP contribution in [0.2, 0.25) is 5.02 Å². The van der Waals surface area contributed by atoms with Gasteiger partial charge in [-0.25, -0.2) is 0 Å². The number of nitrogens with zero attached hydrogens (tertiary/aromatic N) is 1. The van der Waals surface area contributed by atoms with Crippen molar-refractivity contribution in [3.05, 3.63) is 93.3 Å². The van der Waals surface area contributed by atoms with Gasteiger partial charge in [0.1, 0.15) is 13.2 Å². The Kier molecular flexibility index (Phi) is 8.53. The number of ether oxygens (including phenoxy) is 2. The topological polar surface area (TPSA) is 84.9 Å². The van der Waals surface area contributed by atoms with Crippen LogP contribution >= 0.6 is 23.4 Å². The lowest BCUT2D eigenvalue weighted by Gasteiger charge is -2.14. The lowest BCUT2D eigenvalue weighted by molar-refractivity contribution is -0.127. The number of carbonyl (C=O) groups is 3. The van der Waals surface area contributed by atoms with E-state index in [1.807, 2.05) is 38.1 Å². The van der Waals surface area contributed by atoms with Crippen molar-refractivity contribution in [1.82, 2.24) is 4.90 Å². The average molecular weight is 537 g/mol. The Balaban J connectivity index is 1.45. The van der Waals surface area contributed by atoms with Gasteiger partial charge in [-0.3, -0.25) is 19.3 Å². The van der Waals surface area contributed by atoms with Crippen LogP contribution in [0.1, 0.15) is 23.6 Å². The number of aryl methyl sites for hydroxylation is 1. The van der Waals surface area contributed by atoms with Gasteiger partial charge in [0.15, 0.2) is 11.5 Å². The summed E-state index contributed by atoms with van der Waals surface area (Å²) in [5, 5.41) is 2.90. The molecular weight excluding hydrogens is 512 g/mol. The van der Waals surface area contributed by atoms with Crippen LogP contribution in [-0.4, -0.2) is 35.1 Å². The standard InChI is InChI=1S/C28H25ClN2O5S/c1-3-35-24-14-20(10-13-23(24)36-17-19-8-11-21(29)12-9-19)15-25-27(33)31(28(34)37-25)16-26(32)30-22-7-5-4-6-18(22)2/h4-15H,3,16-17H2,1-2H3,(H,30,32)/b25-15+. The van der Waals surface area contributed by atoms with Gasteiger partial charge in [-0.05, 0) is 78.7 Å². The van der Waals surface area contributed by atoms with Gasteiger partial charge in [-0.1, -0.05) is 48.0 Å². The molecule has 0 spiro atoms. The first kappa shape index (κ1) is 26.3. The highest BCUT2D eigenvalue weighted by molar-refractivity contribution is 8.18. The van der Waals surface area contributed by atoms with Gasteiger partial charge in [-0.2, -0.15) is 0 Å². The first-order valence-electron chi connectivity index (χ1n) is 11.6. The minimum atomic E-state index is -0.518. The molecule has 3 amide bonds. The zero-order chi connectivity index (χ0) is 26.4. The molecule has 1 saturated heterocycles. The monoisotopic (exact) mass is 536 g/mol. The van der Waals surface area contributed by atoms with Crippen molar-refractivity contribution in [2.24, 2.45) is 0 Å². The number of para-hydroxylation sites is 1. The fourth-order valence-electron chi connectivity index (χ4n) is 3.58. The molecule has 1 heterocycles. The van der Waals surface area contributed by atoms with Gasteiger partial charge in [0.25, 0.3) is 11.1 Å². The van der Waals surface area contributed by atoms with Crippen LogP contribution in [0, 0.1) is 6.92 Å². The van der Waals surface area contributed by atoms with E-state index in [-0.39, 0.29) is 11.4 Å². The molecule has 0 radical (unpaired) electrons. The normalized spacial score (nSPS) is 14.2. The SMILES string of the molecule is CCOc1cc(/C=C2/SC(=O)N(CC(=O)Nc3ccccc3C)C2=O)ccc1OCc1ccc(Cl)cc1. The molecule has 190 valence electrons. The number of rotatable bonds is 9. The Labute approximate surface area is 224 Å². The molecule has 37 heavy (non-hydrogen) atoms. The molecule has 3 aromatic carbocycles. The molecule has 0 atom stereocenters. The summed E-state index contributed by atoms with van der Waals surface area (Å²) in [6.45, 7) is 4.12. The minimum Gasteiger partial charge on any atom is -0.490 e. The molecular formula is C28H25ClN2O5S. The highest BCUT2D eigenvalue weighted by Gasteiger charge is 2.36. The highest BCUT2D eigenvalue weighted by atomic mass is 35.5. The molecule has 1 fully saturated rings. The lowest BCUT2D eigenvalue weighted by Crippen LogP contribution is -2.36. The number of halogens is 1. The highest BCUT2D eigenvalue weighted by Crippen LogP contribution is 2.35. The lowest BCUT2D eigenvalue weighted by atomic mass is 10.1. The summed E-state index contributed by atoms with van der Waals surface area (Å²) in [4.78, 5) is 39.1. The summed E-state index contributed by atoms with van der Waals surface area (Å²) in [5.74, 6) is 0.103. The van der Waals surface area contributed by atoms with E-state index in [1.165, 1.54) is 0 Å². The van der Waals surface area contributed by atoms with E-state index in [0.717, 1.165) is 27.8 Å². The van der Waals surface area contributed by atoms with Crippen LogP contribution in [0.4, 0.5) is 10.5 Å². The van der Waals surface area contributed by atoms with Gasteiger partial charge in [0.2, 0.25) is 5.91 Å². The molecule has 0 unspecified atom stereocenters. The van der Waals surface area contributed by atoms with Crippen molar-refractivity contribution in [2.75, 3.05) is 18.5 Å². The number of carbonyl (C=O) groups excluding carboxylic acids is 3. The second-order valence-corrected chi connectivity index (χ2v) is 9.61. The van der Waals surface area contributed by atoms with Crippen LogP contribution in [0.25, 0.3) is 6.08 Å². The average Bonchev–Trinajstić information content (AvgIpc) is 3.13. The zero-order valence-corrected chi connectivity index (χ0v) is 21.9. The van der Waals surface area contributed by atoms with Crippen LogP contribution in [0.5, 0.6) is 11.5 Å². The number of thioether (sulfide) groups is 1. The van der Waals surface area contributed by atoms with Crippen molar-refractivity contribution < 1.29 is 23.9 Å². The van der Waals surface area contributed by atoms with Crippen molar-refractivity contribution >= 4 is 52.2 Å². The Hall–Kier alpha value is -3.75. The van der Waals surface area contributed by atoms with Crippen LogP contribution in [0.3, 0.4) is 0 Å². The molecule has 3 aromatic rings. The van der Waals surface area contributed by atoms with E-state index >= 15 is 0 Å². The quantitative estimate of drug-likeness (QED) is 0.323. The van der Waals surface area contributed by atoms with Crippen LogP contribution in [0.15, 0.2) is 71.6 Å². The fourth-order valence-corrected chi connectivity index (χ4v) is 4.54. The van der Waals surface area contributed by atoms with Gasteiger partial charge < -0.3 is 14.8 Å². The molecule has 0 saturated carbocycles. The molecule has 1 N–H and O–H groups in total. The molecule has 4 rings (SSSR count). The third-order valence-electron chi connectivity index (χ3n) is 5.47. The third kappa shape index (κ3) is 6.72. The van der Waals surface area contributed by atoms with E-state index in [9.17, 15) is 14.4 Å². The Morgan fingerprint density at radius 2 is 1.78 bits per heavy atom. The fraction of sp³-hybridized carbons (Fsp3) is 0.179. The second-order valence-electron chi connectivity index (χ2n) is 8.19. The summed E-state index contributed by atoms with van der Waals surface area (Å²) in [5.41, 5.74) is 3.14. The van der Waals surface area contributed by atoms with E-state index in [2.05, 4.69) is 5.32 Å². The first-order chi connectivity index (χ1) is 17.8. The molecule has 7 nitrogen and oxygen atoms in total. The number of anilines is 1. The van der Waals surface area contributed by atoms with Crippen molar-refractivity contribution in [3.63, 3.8) is 0 Å². The van der Waals surface area contributed by atoms with Gasteiger partial charge in [-0.15, -0.1) is 0 Å². The maximum absolute atomic E-state index is 12.9. The molecule has 1 aliphatic heterocycles. The van der Waals surface area contributed by atoms with Crippen LogP contribution < -0.4 is 14.8 Å². The number of hydrogen-bond donors (Lipinski definition) is 1. The molecule has 0 aromatic heterocycles. The zero-order valence-electron chi connectivity index (χ0n) is 20.3. The van der Waals surface area contributed by atoms with Gasteiger partial charge in [0, 0.05) is 10.7 Å². The summed E-state index contributed by atoms with van der Waals surface area (Å²) in [6, 6.07) is 19.9. The first-order valence-corrected chi connectivity index (χ1v) is 12.8. The number of imide groups is 1. The maximum atomic E-state index is 12.9. The van der Waals surface area contributed by atoms with Crippen molar-refractivity contribution in [3.8, 4) is 11.5 Å². The smallest absolute Gasteiger partial charge is 0.294 e. The van der Waals surface area contributed by atoms with E-state index < -0.39 is 17.1 Å².